The Morgan fingerprint density at radius 2 is 0.321 bits per heavy atom. The topological polar surface area (TPSA) is 738 Å². The minimum absolute atomic E-state index is 0. The molecule has 0 amide bonds. The molecule has 0 atom stereocenters. The fourth-order valence-corrected chi connectivity index (χ4v) is 8.74. The van der Waals surface area contributed by atoms with E-state index in [1.807, 2.05) is 0 Å². The Morgan fingerprint density at radius 1 is 0.239 bits per heavy atom. The first-order valence-electron chi connectivity index (χ1n) is 35.7. The summed E-state index contributed by atoms with van der Waals surface area (Å²) in [5.74, 6) is -0.414. The van der Waals surface area contributed by atoms with Gasteiger partial charge in [0.1, 0.15) is 46.0 Å². The molecule has 8 aromatic carbocycles. The molecule has 134 heavy (non-hydrogen) atoms. The normalized spacial score (nSPS) is 10.1. The van der Waals surface area contributed by atoms with Crippen molar-refractivity contribution in [1.29, 1.82) is 10.5 Å². The molecule has 8 rings (SSSR count). The van der Waals surface area contributed by atoms with E-state index in [4.69, 9.17) is 79.1 Å². The van der Waals surface area contributed by atoms with Gasteiger partial charge in [0.2, 0.25) is 0 Å². The molecule has 0 aliphatic carbocycles. The Morgan fingerprint density at radius 3 is 0.396 bits per heavy atom. The molecule has 48 heteroatoms. The van der Waals surface area contributed by atoms with Gasteiger partial charge in [-0.25, -0.2) is 0 Å². The van der Waals surface area contributed by atoms with Crippen LogP contribution in [-0.4, -0.2) is 279 Å². The molecular formula is C86H110Cl2Dy6N10O30. The van der Waals surface area contributed by atoms with Crippen LogP contribution in [0.25, 0.3) is 0 Å². The molecule has 0 aliphatic heterocycles. The molecule has 0 saturated heterocycles. The zero-order valence-electron chi connectivity index (χ0n) is 75.2. The van der Waals surface area contributed by atoms with E-state index < -0.39 is 24.4 Å². The van der Waals surface area contributed by atoms with Gasteiger partial charge in [0.25, 0.3) is 0 Å². The summed E-state index contributed by atoms with van der Waals surface area (Å²) in [5, 5.41) is 200. The monoisotopic (exact) mass is 2820 g/mol. The average Bonchev–Trinajstić information content (AvgIpc) is 0.834. The molecule has 0 saturated carbocycles. The van der Waals surface area contributed by atoms with Crippen molar-refractivity contribution < 1.29 is 406 Å². The summed E-state index contributed by atoms with van der Waals surface area (Å²) in [6.07, 6.45) is 6.55. The first-order valence-corrected chi connectivity index (χ1v) is 35.7. The number of hydrogen-bond acceptors (Lipinski definition) is 40. The Bertz CT molecular complexity index is 3710. The van der Waals surface area contributed by atoms with E-state index in [0.29, 0.717) is 44.5 Å². The van der Waals surface area contributed by atoms with Gasteiger partial charge >= 0.3 is 229 Å². The van der Waals surface area contributed by atoms with Crippen molar-refractivity contribution in [3.63, 3.8) is 0 Å². The molecule has 0 spiro atoms. The van der Waals surface area contributed by atoms with Gasteiger partial charge in [0, 0.05) is 159 Å². The summed E-state index contributed by atoms with van der Waals surface area (Å²) in [5.41, 5.74) is 2.83. The fraction of sp³-hybridized carbons (Fsp3) is 0.326. The van der Waals surface area contributed by atoms with Crippen LogP contribution < -0.4 is 124 Å². The smallest absolute Gasteiger partial charge is 1.00 e. The summed E-state index contributed by atoms with van der Waals surface area (Å²) < 4.78 is 39.6. The van der Waals surface area contributed by atoms with Crippen LogP contribution >= 0.6 is 0 Å². The Kier molecular flexibility index (Phi) is 135. The van der Waals surface area contributed by atoms with Crippen molar-refractivity contribution in [2.75, 3.05) is 152 Å². The Labute approximate surface area is 976 Å². The van der Waals surface area contributed by atoms with Gasteiger partial charge in [-0.15, -0.1) is 0 Å². The van der Waals surface area contributed by atoms with Crippen molar-refractivity contribution in [1.82, 2.24) is 0 Å². The van der Waals surface area contributed by atoms with Crippen molar-refractivity contribution in [3.05, 3.63) is 190 Å². The number of aliphatic hydroxyl groups is 6. The summed E-state index contributed by atoms with van der Waals surface area (Å²) in [4.78, 5) is 32.0. The van der Waals surface area contributed by atoms with Crippen molar-refractivity contribution >= 4 is 49.7 Å². The number of ether oxygens (including phenoxy) is 8. The molecule has 0 fully saturated rings. The molecule has 758 valence electrons. The summed E-state index contributed by atoms with van der Waals surface area (Å²) in [6.45, 7) is 2.61. The number of hydrogen-bond donors (Lipinski definition) is 6. The first kappa shape index (κ1) is 165. The van der Waals surface area contributed by atoms with Gasteiger partial charge in [-0.1, -0.05) is 167 Å². The van der Waals surface area contributed by atoms with Gasteiger partial charge in [-0.3, -0.25) is 39.9 Å². The molecule has 0 unspecified atom stereocenters. The maximum Gasteiger partial charge on any atom is 3.00 e. The average molecular weight is 2810 g/mol. The number of rotatable bonds is 32. The van der Waals surface area contributed by atoms with Crippen LogP contribution in [0.15, 0.2) is 186 Å². The van der Waals surface area contributed by atoms with E-state index in [-0.39, 0.29) is 420 Å². The third-order valence-corrected chi connectivity index (χ3v) is 14.1. The summed E-state index contributed by atoms with van der Waals surface area (Å²) in [6, 6.07) is 42.2. The van der Waals surface area contributed by atoms with Crippen LogP contribution in [0.3, 0.4) is 0 Å². The zero-order chi connectivity index (χ0) is 93.2. The van der Waals surface area contributed by atoms with Crippen LogP contribution in [0.1, 0.15) is 58.4 Å². The predicted molar refractivity (Wildman–Crippen MR) is 454 cm³/mol. The molecule has 0 aliphatic rings. The number of benzene rings is 8. The number of nitrogens with zero attached hydrogens (tertiary/aromatic N) is 10. The Balaban J connectivity index is -0.0000000907. The van der Waals surface area contributed by atoms with Crippen molar-refractivity contribution in [2.24, 2.45) is 39.9 Å². The minimum Gasteiger partial charge on any atom is -1.00 e. The van der Waals surface area contributed by atoms with Gasteiger partial charge in [0.05, 0.1) is 69.0 Å². The third kappa shape index (κ3) is 68.6. The molecule has 10 N–H and O–H groups in total. The molecule has 0 bridgehead atoms. The van der Waals surface area contributed by atoms with E-state index in [1.165, 1.54) is 120 Å². The zero-order valence-corrected chi connectivity index (χ0v) is 88.9. The van der Waals surface area contributed by atoms with Crippen molar-refractivity contribution in [3.8, 4) is 104 Å². The van der Waals surface area contributed by atoms with Gasteiger partial charge < -0.3 is 177 Å². The van der Waals surface area contributed by atoms with Crippen LogP contribution in [0.4, 0.5) is 0 Å². The minimum atomic E-state index is -1.08. The van der Waals surface area contributed by atoms with E-state index in [9.17, 15) is 61.3 Å². The van der Waals surface area contributed by atoms with E-state index in [1.54, 1.807) is 158 Å². The van der Waals surface area contributed by atoms with Gasteiger partial charge in [-0.2, -0.15) is 10.5 Å². The SMILES string of the molecule is CC#N.CC#N.CO.CO.CO.CO.CO.CO.COc1cccc(C=NCC([O-])CN=Cc2cccc(OC)c2[O-])c1[O-].COc1cccc(C=NCC([O-])CN=Cc2cccc(OC)c2[O-])c1[O-].COc1cccc(C=NCC([O-])CN=Cc2cccc(OC)c2[O-])c1[O-].COc1cccc(C=NCC([O-])CN=Cc2cccc(OC)c2[O-])c1[O-].[Cl-].[Cl-].[Dy+3].[Dy+3].[Dy+3].[Dy+3].[Dy+3].[Dy+3].[OH-].[OH-].[OH-].[OH-]. The number of nitriles is 2. The van der Waals surface area contributed by atoms with Crippen LogP contribution in [-0.2, 0) is 0 Å². The van der Waals surface area contributed by atoms with E-state index >= 15 is 0 Å². The maximum atomic E-state index is 11.9. The molecule has 0 heterocycles. The van der Waals surface area contributed by atoms with Crippen LogP contribution in [0, 0.1) is 252 Å². The van der Waals surface area contributed by atoms with Crippen molar-refractivity contribution in [2.45, 2.75) is 38.3 Å². The molecule has 8 aromatic rings. The molecule has 0 aromatic heterocycles. The summed E-state index contributed by atoms with van der Waals surface area (Å²) in [7, 11) is 17.3. The molecule has 6 radical (unpaired) electrons. The fourth-order valence-electron chi connectivity index (χ4n) is 8.74. The molecule has 40 nitrogen and oxygen atoms in total. The number of para-hydroxylation sites is 8. The number of aliphatic imine (C=N–C) groups is 8. The maximum absolute atomic E-state index is 11.9. The summed E-state index contributed by atoms with van der Waals surface area (Å²) >= 11 is 0. The third-order valence-electron chi connectivity index (χ3n) is 14.1. The quantitative estimate of drug-likeness (QED) is 0.0213. The number of aliphatic hydroxyl groups excluding tert-OH is 6. The number of halogens is 2. The second kappa shape index (κ2) is 110. The van der Waals surface area contributed by atoms with E-state index in [0.717, 1.165) is 42.7 Å². The predicted octanol–water partition coefficient (Wildman–Crippen LogP) is -7.52. The standard InChI is InChI=1S/4C19H21N2O5.2C2H3N.6CH4O.2ClH.6Dy.4H2O/c4*1-25-16-7-3-5-13(18(16)23)9-20-11-15(22)12-21-10-14-6-4-8-17(26-2)19(14)24;2*1-2-3;6*1-2;;;;;;;;;;;;/h4*3-10,15,23-24H,11-12H2,1-2H3;2*1H3;6*2H,1H3;2*1H;;;;;;;4*1H2/q4*-1;;;;;;;;;;;6*+3;;;;/p-14. The number of methoxy groups -OCH3 is 8. The van der Waals surface area contributed by atoms with Gasteiger partial charge in [0.15, 0.2) is 0 Å². The first-order chi connectivity index (χ1) is 59.1. The second-order valence-corrected chi connectivity index (χ2v) is 21.9. The van der Waals surface area contributed by atoms with Crippen LogP contribution in [0.2, 0.25) is 0 Å². The largest absolute Gasteiger partial charge is 3.00 e. The van der Waals surface area contributed by atoms with Gasteiger partial charge in [-0.05, 0) is 93.0 Å². The van der Waals surface area contributed by atoms with E-state index in [2.05, 4.69) is 39.9 Å². The Hall–Kier alpha value is -5.44. The molecular weight excluding hydrogens is 2700 g/mol. The second-order valence-electron chi connectivity index (χ2n) is 21.9. The van der Waals surface area contributed by atoms with Crippen LogP contribution in [0.5, 0.6) is 92.0 Å².